The summed E-state index contributed by atoms with van der Waals surface area (Å²) in [4.78, 5) is 7.88. The van der Waals surface area contributed by atoms with Crippen molar-refractivity contribution in [1.29, 1.82) is 0 Å². The van der Waals surface area contributed by atoms with E-state index in [1.165, 1.54) is 29.6 Å². The number of hydrogen-bond acceptors (Lipinski definition) is 4. The second-order valence-electron chi connectivity index (χ2n) is 1.65. The Kier molecular flexibility index (Phi) is 2.31. The second kappa shape index (κ2) is 3.05. The van der Waals surface area contributed by atoms with E-state index in [1.807, 2.05) is 0 Å². The number of nitrogen functional groups attached to an aromatic ring is 1. The van der Waals surface area contributed by atoms with Gasteiger partial charge in [-0.15, -0.1) is 0 Å². The molecule has 0 aromatic carbocycles. The predicted molar refractivity (Wildman–Crippen MR) is 38.4 cm³/mol. The van der Waals surface area contributed by atoms with E-state index in [0.29, 0.717) is 11.7 Å². The predicted octanol–water partition coefficient (Wildman–Crippen LogP) is -1.14. The summed E-state index contributed by atoms with van der Waals surface area (Å²) in [6.07, 6.45) is 1.64. The summed E-state index contributed by atoms with van der Waals surface area (Å²) in [6, 6.07) is 0. The molecular formula is C5H6N3OSn. The van der Waals surface area contributed by atoms with E-state index in [9.17, 15) is 0 Å². The summed E-state index contributed by atoms with van der Waals surface area (Å²) < 4.78 is 5.73. The molecule has 1 heterocycles. The van der Waals surface area contributed by atoms with E-state index >= 15 is 0 Å². The van der Waals surface area contributed by atoms with Gasteiger partial charge < -0.3 is 0 Å². The molecule has 0 aliphatic heterocycles. The third-order valence-electron chi connectivity index (χ3n) is 0.960. The van der Waals surface area contributed by atoms with Gasteiger partial charge in [0.05, 0.1) is 0 Å². The molecule has 10 heavy (non-hydrogen) atoms. The molecule has 0 atom stereocenters. The Bertz CT molecular complexity index is 240. The second-order valence-corrected chi connectivity index (χ2v) is 3.11. The number of hydrogen-bond donors (Lipinski definition) is 1. The van der Waals surface area contributed by atoms with Crippen LogP contribution in [0.15, 0.2) is 6.20 Å². The van der Waals surface area contributed by atoms with Crippen LogP contribution in [0.4, 0.5) is 5.82 Å². The summed E-state index contributed by atoms with van der Waals surface area (Å²) >= 11 is 1.20. The number of rotatable bonds is 1. The summed E-state index contributed by atoms with van der Waals surface area (Å²) in [5.41, 5.74) is 5.41. The van der Waals surface area contributed by atoms with Crippen LogP contribution in [-0.2, 0) is 0 Å². The summed E-state index contributed by atoms with van der Waals surface area (Å²) in [5.74, 6) is 0.753. The van der Waals surface area contributed by atoms with Crippen LogP contribution in [0.25, 0.3) is 0 Å². The molecule has 0 fully saturated rings. The molecule has 1 rings (SSSR count). The van der Waals surface area contributed by atoms with Crippen LogP contribution < -0.4 is 14.2 Å². The molecule has 0 aliphatic rings. The zero-order valence-electron chi connectivity index (χ0n) is 5.46. The first-order valence-corrected chi connectivity index (χ1v) is 4.05. The van der Waals surface area contributed by atoms with Crippen LogP contribution in [0, 0.1) is 0 Å². The zero-order chi connectivity index (χ0) is 7.56. The van der Waals surface area contributed by atoms with Crippen molar-refractivity contribution < 1.29 is 4.74 Å². The summed E-state index contributed by atoms with van der Waals surface area (Å²) in [6.45, 7) is 0. The van der Waals surface area contributed by atoms with Crippen molar-refractivity contribution in [3.63, 3.8) is 0 Å². The fourth-order valence-corrected chi connectivity index (χ4v) is 1.01. The van der Waals surface area contributed by atoms with Crippen LogP contribution >= 0.6 is 0 Å². The van der Waals surface area contributed by atoms with Crippen molar-refractivity contribution in [2.45, 2.75) is 0 Å². The molecule has 2 N–H and O–H groups in total. The number of methoxy groups -OCH3 is 1. The van der Waals surface area contributed by atoms with Gasteiger partial charge in [0.2, 0.25) is 0 Å². The molecule has 51 valence electrons. The SMILES string of the molecule is COc1n[c]([Sn])cnc1N. The first-order chi connectivity index (χ1) is 4.74. The Morgan fingerprint density at radius 2 is 2.40 bits per heavy atom. The molecule has 1 aromatic rings. The van der Waals surface area contributed by atoms with Crippen molar-refractivity contribution in [1.82, 2.24) is 9.97 Å². The Labute approximate surface area is 71.9 Å². The molecule has 1 aromatic heterocycles. The van der Waals surface area contributed by atoms with Crippen LogP contribution in [0.5, 0.6) is 5.88 Å². The number of nitrogens with two attached hydrogens (primary N) is 1. The van der Waals surface area contributed by atoms with Crippen molar-refractivity contribution >= 4 is 32.1 Å². The van der Waals surface area contributed by atoms with E-state index in [2.05, 4.69) is 9.97 Å². The normalized spacial score (nSPS) is 9.40. The van der Waals surface area contributed by atoms with Crippen molar-refractivity contribution in [3.8, 4) is 5.88 Å². The number of aromatic nitrogens is 2. The van der Waals surface area contributed by atoms with E-state index in [-0.39, 0.29) is 0 Å². The molecule has 0 spiro atoms. The van der Waals surface area contributed by atoms with E-state index in [4.69, 9.17) is 10.5 Å². The first kappa shape index (κ1) is 7.58. The summed E-state index contributed by atoms with van der Waals surface area (Å²) in [5, 5.41) is 0. The van der Waals surface area contributed by atoms with E-state index in [1.54, 1.807) is 6.20 Å². The third-order valence-corrected chi connectivity index (χ3v) is 1.65. The third kappa shape index (κ3) is 1.50. The standard InChI is InChI=1S/C5H6N3O.Sn/c1-9-5-4(6)7-2-3-8-5;/h2H,1H3,(H2,6,7);. The quantitative estimate of drug-likeness (QED) is 0.633. The average molecular weight is 243 g/mol. The maximum absolute atomic E-state index is 5.41. The molecule has 0 amide bonds. The van der Waals surface area contributed by atoms with Gasteiger partial charge in [-0.2, -0.15) is 0 Å². The number of ether oxygens (including phenoxy) is 1. The molecular weight excluding hydrogens is 237 g/mol. The summed E-state index contributed by atoms with van der Waals surface area (Å²) in [7, 11) is 1.52. The minimum absolute atomic E-state index is 0.341. The molecule has 0 bridgehead atoms. The van der Waals surface area contributed by atoms with Gasteiger partial charge in [0, 0.05) is 0 Å². The van der Waals surface area contributed by atoms with E-state index in [0.717, 1.165) is 3.71 Å². The fourth-order valence-electron chi connectivity index (χ4n) is 0.532. The van der Waals surface area contributed by atoms with Gasteiger partial charge in [-0.3, -0.25) is 0 Å². The van der Waals surface area contributed by atoms with Gasteiger partial charge in [-0.1, -0.05) is 0 Å². The van der Waals surface area contributed by atoms with Crippen molar-refractivity contribution in [2.75, 3.05) is 12.8 Å². The van der Waals surface area contributed by atoms with Crippen LogP contribution in [0.2, 0.25) is 0 Å². The van der Waals surface area contributed by atoms with Crippen molar-refractivity contribution in [2.24, 2.45) is 0 Å². The van der Waals surface area contributed by atoms with Gasteiger partial charge in [0.15, 0.2) is 0 Å². The fraction of sp³-hybridized carbons (Fsp3) is 0.200. The molecule has 3 radical (unpaired) electrons. The van der Waals surface area contributed by atoms with Gasteiger partial charge in [0.25, 0.3) is 0 Å². The zero-order valence-corrected chi connectivity index (χ0v) is 8.31. The number of nitrogens with zero attached hydrogens (tertiary/aromatic N) is 2. The molecule has 0 saturated heterocycles. The molecule has 4 nitrogen and oxygen atoms in total. The van der Waals surface area contributed by atoms with Crippen LogP contribution in [-0.4, -0.2) is 39.6 Å². The Hall–Kier alpha value is -0.521. The average Bonchev–Trinajstić information content (AvgIpc) is 1.94. The first-order valence-electron chi connectivity index (χ1n) is 2.62. The van der Waals surface area contributed by atoms with Gasteiger partial charge in [-0.25, -0.2) is 0 Å². The Morgan fingerprint density at radius 1 is 1.70 bits per heavy atom. The Balaban J connectivity index is 3.09. The molecule has 0 aliphatic carbocycles. The molecule has 5 heteroatoms. The van der Waals surface area contributed by atoms with Crippen molar-refractivity contribution in [3.05, 3.63) is 6.20 Å². The van der Waals surface area contributed by atoms with Crippen LogP contribution in [0.1, 0.15) is 0 Å². The Morgan fingerprint density at radius 3 is 2.90 bits per heavy atom. The topological polar surface area (TPSA) is 61.0 Å². The van der Waals surface area contributed by atoms with Gasteiger partial charge in [0.1, 0.15) is 0 Å². The number of anilines is 1. The van der Waals surface area contributed by atoms with Gasteiger partial charge in [-0.05, 0) is 0 Å². The van der Waals surface area contributed by atoms with Gasteiger partial charge >= 0.3 is 71.7 Å². The molecule has 0 unspecified atom stereocenters. The maximum atomic E-state index is 5.41. The minimum atomic E-state index is 0.341. The monoisotopic (exact) mass is 244 g/mol. The van der Waals surface area contributed by atoms with E-state index < -0.39 is 0 Å². The van der Waals surface area contributed by atoms with Crippen LogP contribution in [0.3, 0.4) is 0 Å². The molecule has 0 saturated carbocycles.